The van der Waals surface area contributed by atoms with E-state index in [1.165, 1.54) is 4.31 Å². The Morgan fingerprint density at radius 3 is 2.47 bits per heavy atom. The van der Waals surface area contributed by atoms with Gasteiger partial charge in [-0.05, 0) is 18.8 Å². The molecule has 0 saturated carbocycles. The van der Waals surface area contributed by atoms with Gasteiger partial charge < -0.3 is 10.2 Å². The van der Waals surface area contributed by atoms with Crippen molar-refractivity contribution >= 4 is 16.2 Å². The Morgan fingerprint density at radius 2 is 2.00 bits per heavy atom. The summed E-state index contributed by atoms with van der Waals surface area (Å²) in [6.45, 7) is 2.41. The third kappa shape index (κ3) is 4.23. The van der Waals surface area contributed by atoms with Crippen molar-refractivity contribution in [3.8, 4) is 0 Å². The van der Waals surface area contributed by atoms with Gasteiger partial charge in [0.05, 0.1) is 0 Å². The number of hydrogen-bond acceptors (Lipinski definition) is 4. The average Bonchev–Trinajstić information content (AvgIpc) is 2.26. The highest BCUT2D eigenvalue weighted by Crippen LogP contribution is 2.17. The first-order valence-electron chi connectivity index (χ1n) is 5.48. The fourth-order valence-electron chi connectivity index (χ4n) is 1.59. The molecule has 0 bridgehead atoms. The molecule has 1 atom stereocenters. The summed E-state index contributed by atoms with van der Waals surface area (Å²) < 4.78 is 26.8. The number of aliphatic hydroxyl groups is 1. The van der Waals surface area contributed by atoms with Crippen molar-refractivity contribution in [2.24, 2.45) is 5.92 Å². The van der Waals surface area contributed by atoms with E-state index in [9.17, 15) is 13.2 Å². The lowest BCUT2D eigenvalue weighted by Gasteiger charge is -2.29. The lowest BCUT2D eigenvalue weighted by molar-refractivity contribution is -0.146. The predicted octanol–water partition coefficient (Wildman–Crippen LogP) is -1.00. The van der Waals surface area contributed by atoms with E-state index in [-0.39, 0.29) is 0 Å². The Labute approximate surface area is 101 Å². The SMILES string of the molecule is CC1CCN(S(=O)(=O)NC[C@H](O)C(=O)O)CC1. The smallest absolute Gasteiger partial charge is 0.333 e. The molecule has 1 heterocycles. The summed E-state index contributed by atoms with van der Waals surface area (Å²) in [6.07, 6.45) is -0.126. The van der Waals surface area contributed by atoms with Crippen LogP contribution in [0.25, 0.3) is 0 Å². The number of carbonyl (C=O) groups is 1. The van der Waals surface area contributed by atoms with E-state index in [0.717, 1.165) is 12.8 Å². The Kier molecular flexibility index (Phi) is 4.87. The number of carboxylic acids is 1. The summed E-state index contributed by atoms with van der Waals surface area (Å²) in [5.41, 5.74) is 0. The third-order valence-corrected chi connectivity index (χ3v) is 4.40. The summed E-state index contributed by atoms with van der Waals surface area (Å²) >= 11 is 0. The molecule has 0 spiro atoms. The van der Waals surface area contributed by atoms with Gasteiger partial charge in [0.2, 0.25) is 0 Å². The molecule has 0 unspecified atom stereocenters. The van der Waals surface area contributed by atoms with Gasteiger partial charge in [0.25, 0.3) is 10.2 Å². The zero-order valence-electron chi connectivity index (χ0n) is 9.66. The van der Waals surface area contributed by atoms with E-state index in [1.54, 1.807) is 0 Å². The number of aliphatic carboxylic acids is 1. The zero-order valence-corrected chi connectivity index (χ0v) is 10.5. The molecular weight excluding hydrogens is 248 g/mol. The molecule has 100 valence electrons. The van der Waals surface area contributed by atoms with Gasteiger partial charge in [-0.15, -0.1) is 0 Å². The second kappa shape index (κ2) is 5.76. The third-order valence-electron chi connectivity index (χ3n) is 2.83. The van der Waals surface area contributed by atoms with Crippen molar-refractivity contribution in [1.82, 2.24) is 9.03 Å². The van der Waals surface area contributed by atoms with E-state index < -0.39 is 28.8 Å². The minimum atomic E-state index is -3.68. The number of carboxylic acid groups (broad SMARTS) is 1. The molecule has 0 aromatic heterocycles. The fraction of sp³-hybridized carbons (Fsp3) is 0.889. The average molecular weight is 266 g/mol. The number of rotatable bonds is 5. The summed E-state index contributed by atoms with van der Waals surface area (Å²) in [7, 11) is -3.68. The van der Waals surface area contributed by atoms with Crippen LogP contribution in [0.3, 0.4) is 0 Å². The van der Waals surface area contributed by atoms with E-state index in [4.69, 9.17) is 10.2 Å². The highest BCUT2D eigenvalue weighted by atomic mass is 32.2. The predicted molar refractivity (Wildman–Crippen MR) is 60.5 cm³/mol. The summed E-state index contributed by atoms with van der Waals surface area (Å²) in [4.78, 5) is 10.3. The first-order chi connectivity index (χ1) is 7.83. The number of nitrogens with zero attached hydrogens (tertiary/aromatic N) is 1. The topological polar surface area (TPSA) is 107 Å². The number of nitrogens with one attached hydrogen (secondary N) is 1. The van der Waals surface area contributed by atoms with Crippen LogP contribution in [0.2, 0.25) is 0 Å². The van der Waals surface area contributed by atoms with E-state index in [0.29, 0.717) is 19.0 Å². The van der Waals surface area contributed by atoms with Crippen molar-refractivity contribution in [1.29, 1.82) is 0 Å². The molecule has 7 nitrogen and oxygen atoms in total. The van der Waals surface area contributed by atoms with Crippen molar-refractivity contribution < 1.29 is 23.4 Å². The Balaban J connectivity index is 2.48. The quantitative estimate of drug-likeness (QED) is 0.591. The van der Waals surface area contributed by atoms with Crippen molar-refractivity contribution in [2.45, 2.75) is 25.9 Å². The first-order valence-corrected chi connectivity index (χ1v) is 6.92. The number of hydrogen-bond donors (Lipinski definition) is 3. The molecule has 0 aliphatic carbocycles. The first kappa shape index (κ1) is 14.4. The van der Waals surface area contributed by atoms with Crippen LogP contribution >= 0.6 is 0 Å². The second-order valence-electron chi connectivity index (χ2n) is 4.29. The van der Waals surface area contributed by atoms with Crippen LogP contribution in [0.1, 0.15) is 19.8 Å². The van der Waals surface area contributed by atoms with Gasteiger partial charge in [-0.3, -0.25) is 0 Å². The van der Waals surface area contributed by atoms with Crippen LogP contribution in [0.4, 0.5) is 0 Å². The van der Waals surface area contributed by atoms with Gasteiger partial charge in [-0.25, -0.2) is 4.79 Å². The molecule has 0 aromatic carbocycles. The molecule has 1 aliphatic heterocycles. The molecule has 8 heteroatoms. The Morgan fingerprint density at radius 1 is 1.47 bits per heavy atom. The largest absolute Gasteiger partial charge is 0.479 e. The molecule has 0 radical (unpaired) electrons. The molecule has 3 N–H and O–H groups in total. The zero-order chi connectivity index (χ0) is 13.1. The minimum absolute atomic E-state index is 0.430. The van der Waals surface area contributed by atoms with E-state index in [2.05, 4.69) is 11.6 Å². The highest BCUT2D eigenvalue weighted by molar-refractivity contribution is 7.87. The van der Waals surface area contributed by atoms with Gasteiger partial charge in [0.15, 0.2) is 6.10 Å². The van der Waals surface area contributed by atoms with Crippen molar-refractivity contribution in [2.75, 3.05) is 19.6 Å². The molecule has 1 fully saturated rings. The molecule has 1 rings (SSSR count). The normalized spacial score (nSPS) is 21.3. The van der Waals surface area contributed by atoms with Crippen LogP contribution in [0.5, 0.6) is 0 Å². The van der Waals surface area contributed by atoms with Crippen LogP contribution in [-0.2, 0) is 15.0 Å². The lowest BCUT2D eigenvalue weighted by atomic mass is 10.0. The Hall–Kier alpha value is -0.700. The van der Waals surface area contributed by atoms with Crippen LogP contribution in [0.15, 0.2) is 0 Å². The second-order valence-corrected chi connectivity index (χ2v) is 6.04. The molecule has 0 aromatic rings. The molecule has 1 saturated heterocycles. The maximum absolute atomic E-state index is 11.7. The lowest BCUT2D eigenvalue weighted by Crippen LogP contribution is -2.47. The van der Waals surface area contributed by atoms with Crippen molar-refractivity contribution in [3.63, 3.8) is 0 Å². The molecular formula is C9H18N2O5S. The minimum Gasteiger partial charge on any atom is -0.479 e. The highest BCUT2D eigenvalue weighted by Gasteiger charge is 2.27. The molecule has 17 heavy (non-hydrogen) atoms. The van der Waals surface area contributed by atoms with Crippen molar-refractivity contribution in [3.05, 3.63) is 0 Å². The summed E-state index contributed by atoms with van der Waals surface area (Å²) in [5.74, 6) is -0.939. The van der Waals surface area contributed by atoms with Crippen LogP contribution in [0, 0.1) is 5.92 Å². The van der Waals surface area contributed by atoms with Crippen LogP contribution in [-0.4, -0.2) is 54.6 Å². The molecule has 0 amide bonds. The standard InChI is InChI=1S/C9H18N2O5S/c1-7-2-4-11(5-3-7)17(15,16)10-6-8(12)9(13)14/h7-8,10,12H,2-6H2,1H3,(H,13,14)/t8-/m0/s1. The maximum atomic E-state index is 11.7. The number of piperidine rings is 1. The monoisotopic (exact) mass is 266 g/mol. The molecule has 1 aliphatic rings. The maximum Gasteiger partial charge on any atom is 0.333 e. The van der Waals surface area contributed by atoms with E-state index in [1.807, 2.05) is 0 Å². The fourth-order valence-corrected chi connectivity index (χ4v) is 2.83. The van der Waals surface area contributed by atoms with Gasteiger partial charge in [0, 0.05) is 19.6 Å². The van der Waals surface area contributed by atoms with Gasteiger partial charge in [-0.2, -0.15) is 17.4 Å². The van der Waals surface area contributed by atoms with Gasteiger partial charge in [-0.1, -0.05) is 6.92 Å². The van der Waals surface area contributed by atoms with E-state index >= 15 is 0 Å². The Bertz CT molecular complexity index is 362. The van der Waals surface area contributed by atoms with Crippen LogP contribution < -0.4 is 4.72 Å². The summed E-state index contributed by atoms with van der Waals surface area (Å²) in [5, 5.41) is 17.4. The summed E-state index contributed by atoms with van der Waals surface area (Å²) in [6, 6.07) is 0. The van der Waals surface area contributed by atoms with Gasteiger partial charge in [0.1, 0.15) is 0 Å². The number of aliphatic hydroxyl groups excluding tert-OH is 1. The van der Waals surface area contributed by atoms with Gasteiger partial charge >= 0.3 is 5.97 Å².